The Kier molecular flexibility index (Phi) is 4.90. The van der Waals surface area contributed by atoms with Crippen LogP contribution in [0.1, 0.15) is 30.9 Å². The van der Waals surface area contributed by atoms with E-state index in [-0.39, 0.29) is 5.82 Å². The molecule has 20 heavy (non-hydrogen) atoms. The summed E-state index contributed by atoms with van der Waals surface area (Å²) >= 11 is 0. The normalized spacial score (nSPS) is 20.4. The Bertz CT molecular complexity index is 513. The third-order valence-corrected chi connectivity index (χ3v) is 3.65. The molecule has 0 aromatic heterocycles. The van der Waals surface area contributed by atoms with Gasteiger partial charge in [0.05, 0.1) is 0 Å². The monoisotopic (exact) mass is 277 g/mol. The van der Waals surface area contributed by atoms with Crippen LogP contribution in [-0.4, -0.2) is 29.1 Å². The van der Waals surface area contributed by atoms with Gasteiger partial charge in [-0.05, 0) is 54.6 Å². The maximum absolute atomic E-state index is 13.3. The number of hydrogen-bond acceptors (Lipinski definition) is 2. The summed E-state index contributed by atoms with van der Waals surface area (Å²) in [6, 6.07) is 4.57. The topological polar surface area (TPSA) is 40.5 Å². The zero-order valence-electron chi connectivity index (χ0n) is 11.7. The SMILES string of the molecule is CC1CCCN(Cc2ccc(F)cc2C=CC(=O)O)C1. The van der Waals surface area contributed by atoms with Crippen LogP contribution < -0.4 is 0 Å². The van der Waals surface area contributed by atoms with Gasteiger partial charge in [-0.2, -0.15) is 0 Å². The number of halogens is 1. The van der Waals surface area contributed by atoms with Gasteiger partial charge in [0.25, 0.3) is 0 Å². The average molecular weight is 277 g/mol. The van der Waals surface area contributed by atoms with E-state index in [2.05, 4.69) is 11.8 Å². The maximum atomic E-state index is 13.3. The first kappa shape index (κ1) is 14.7. The second kappa shape index (κ2) is 6.66. The van der Waals surface area contributed by atoms with Crippen molar-refractivity contribution in [2.45, 2.75) is 26.3 Å². The van der Waals surface area contributed by atoms with Crippen molar-refractivity contribution < 1.29 is 14.3 Å². The minimum Gasteiger partial charge on any atom is -0.478 e. The van der Waals surface area contributed by atoms with Crippen LogP contribution >= 0.6 is 0 Å². The summed E-state index contributed by atoms with van der Waals surface area (Å²) in [5.74, 6) is -0.681. The average Bonchev–Trinajstić information content (AvgIpc) is 2.39. The van der Waals surface area contributed by atoms with Gasteiger partial charge in [-0.15, -0.1) is 0 Å². The molecule has 1 saturated heterocycles. The first-order valence-electron chi connectivity index (χ1n) is 6.96. The van der Waals surface area contributed by atoms with E-state index in [0.717, 1.165) is 31.3 Å². The van der Waals surface area contributed by atoms with E-state index in [1.54, 1.807) is 6.07 Å². The maximum Gasteiger partial charge on any atom is 0.328 e. The first-order valence-corrected chi connectivity index (χ1v) is 6.96. The molecule has 1 unspecified atom stereocenters. The molecule has 0 aliphatic carbocycles. The summed E-state index contributed by atoms with van der Waals surface area (Å²) in [5.41, 5.74) is 1.61. The van der Waals surface area contributed by atoms with Crippen LogP contribution in [0.15, 0.2) is 24.3 Å². The van der Waals surface area contributed by atoms with Crippen molar-refractivity contribution in [2.75, 3.05) is 13.1 Å². The highest BCUT2D eigenvalue weighted by molar-refractivity contribution is 5.85. The van der Waals surface area contributed by atoms with E-state index >= 15 is 0 Å². The van der Waals surface area contributed by atoms with Gasteiger partial charge < -0.3 is 5.11 Å². The minimum absolute atomic E-state index is 0.342. The largest absolute Gasteiger partial charge is 0.478 e. The fourth-order valence-corrected chi connectivity index (χ4v) is 2.70. The summed E-state index contributed by atoms with van der Waals surface area (Å²) in [4.78, 5) is 13.0. The van der Waals surface area contributed by atoms with Crippen LogP contribution in [0.3, 0.4) is 0 Å². The predicted octanol–water partition coefficient (Wildman–Crippen LogP) is 3.16. The number of aliphatic carboxylic acids is 1. The van der Waals surface area contributed by atoms with Gasteiger partial charge in [0.15, 0.2) is 0 Å². The lowest BCUT2D eigenvalue weighted by Crippen LogP contribution is -2.33. The molecule has 1 aromatic carbocycles. The van der Waals surface area contributed by atoms with Gasteiger partial charge in [0.2, 0.25) is 0 Å². The molecular formula is C16H20FNO2. The molecule has 0 saturated carbocycles. The molecule has 3 nitrogen and oxygen atoms in total. The second-order valence-corrected chi connectivity index (χ2v) is 5.50. The number of piperidine rings is 1. The van der Waals surface area contributed by atoms with Crippen molar-refractivity contribution in [1.29, 1.82) is 0 Å². The van der Waals surface area contributed by atoms with Crippen molar-refractivity contribution >= 4 is 12.0 Å². The zero-order chi connectivity index (χ0) is 14.5. The first-order chi connectivity index (χ1) is 9.54. The standard InChI is InChI=1S/C16H20FNO2/c1-12-3-2-8-18(10-12)11-14-4-6-15(17)9-13(14)5-7-16(19)20/h4-7,9,12H,2-3,8,10-11H2,1H3,(H,19,20). The van der Waals surface area contributed by atoms with Crippen molar-refractivity contribution in [1.82, 2.24) is 4.90 Å². The van der Waals surface area contributed by atoms with Crippen molar-refractivity contribution in [3.63, 3.8) is 0 Å². The Morgan fingerprint density at radius 1 is 1.55 bits per heavy atom. The molecule has 1 aliphatic heterocycles. The molecule has 1 atom stereocenters. The fourth-order valence-electron chi connectivity index (χ4n) is 2.70. The molecule has 0 amide bonds. The van der Waals surface area contributed by atoms with Gasteiger partial charge in [0, 0.05) is 19.2 Å². The Labute approximate surface area is 118 Å². The molecule has 0 bridgehead atoms. The molecule has 1 heterocycles. The highest BCUT2D eigenvalue weighted by Gasteiger charge is 2.17. The van der Waals surface area contributed by atoms with Gasteiger partial charge >= 0.3 is 5.97 Å². The van der Waals surface area contributed by atoms with Gasteiger partial charge in [-0.25, -0.2) is 9.18 Å². The number of nitrogens with zero attached hydrogens (tertiary/aromatic N) is 1. The number of hydrogen-bond donors (Lipinski definition) is 1. The number of carbonyl (C=O) groups is 1. The van der Waals surface area contributed by atoms with Crippen LogP contribution in [0, 0.1) is 11.7 Å². The van der Waals surface area contributed by atoms with Crippen LogP contribution in [0.2, 0.25) is 0 Å². The number of carboxylic acid groups (broad SMARTS) is 1. The molecule has 0 radical (unpaired) electrons. The van der Waals surface area contributed by atoms with Crippen LogP contribution in [-0.2, 0) is 11.3 Å². The van der Waals surface area contributed by atoms with Gasteiger partial charge in [0.1, 0.15) is 5.82 Å². The molecule has 4 heteroatoms. The minimum atomic E-state index is -1.02. The van der Waals surface area contributed by atoms with E-state index in [1.807, 2.05) is 0 Å². The van der Waals surface area contributed by atoms with E-state index in [9.17, 15) is 9.18 Å². The van der Waals surface area contributed by atoms with Crippen molar-refractivity contribution in [3.8, 4) is 0 Å². The molecule has 108 valence electrons. The summed E-state index contributed by atoms with van der Waals surface area (Å²) < 4.78 is 13.3. The van der Waals surface area contributed by atoms with Gasteiger partial charge in [-0.3, -0.25) is 4.90 Å². The Hall–Kier alpha value is -1.68. The summed E-state index contributed by atoms with van der Waals surface area (Å²) in [6.07, 6.45) is 4.96. The summed E-state index contributed by atoms with van der Waals surface area (Å²) in [7, 11) is 0. The lowest BCUT2D eigenvalue weighted by Gasteiger charge is -2.31. The molecule has 1 aromatic rings. The molecule has 1 N–H and O–H groups in total. The number of carboxylic acids is 1. The van der Waals surface area contributed by atoms with E-state index < -0.39 is 5.97 Å². The number of likely N-dealkylation sites (tertiary alicyclic amines) is 1. The molecule has 2 rings (SSSR count). The highest BCUT2D eigenvalue weighted by Crippen LogP contribution is 2.20. The molecule has 1 fully saturated rings. The number of benzene rings is 1. The van der Waals surface area contributed by atoms with Crippen molar-refractivity contribution in [3.05, 3.63) is 41.2 Å². The predicted molar refractivity (Wildman–Crippen MR) is 76.7 cm³/mol. The van der Waals surface area contributed by atoms with Crippen LogP contribution in [0.25, 0.3) is 6.08 Å². The molecule has 1 aliphatic rings. The smallest absolute Gasteiger partial charge is 0.328 e. The Morgan fingerprint density at radius 2 is 2.35 bits per heavy atom. The molecular weight excluding hydrogens is 257 g/mol. The summed E-state index contributed by atoms with van der Waals surface area (Å²) in [5, 5.41) is 8.70. The Balaban J connectivity index is 2.15. The second-order valence-electron chi connectivity index (χ2n) is 5.50. The lowest BCUT2D eigenvalue weighted by molar-refractivity contribution is -0.131. The Morgan fingerprint density at radius 3 is 3.05 bits per heavy atom. The van der Waals surface area contributed by atoms with Crippen LogP contribution in [0.4, 0.5) is 4.39 Å². The lowest BCUT2D eigenvalue weighted by atomic mass is 9.99. The van der Waals surface area contributed by atoms with E-state index in [0.29, 0.717) is 11.5 Å². The fraction of sp³-hybridized carbons (Fsp3) is 0.438. The van der Waals surface area contributed by atoms with E-state index in [4.69, 9.17) is 5.11 Å². The van der Waals surface area contributed by atoms with Crippen LogP contribution in [0.5, 0.6) is 0 Å². The summed E-state index contributed by atoms with van der Waals surface area (Å²) in [6.45, 7) is 5.06. The zero-order valence-corrected chi connectivity index (χ0v) is 11.7. The van der Waals surface area contributed by atoms with E-state index in [1.165, 1.54) is 31.1 Å². The van der Waals surface area contributed by atoms with Crippen molar-refractivity contribution in [2.24, 2.45) is 5.92 Å². The molecule has 0 spiro atoms. The quantitative estimate of drug-likeness (QED) is 0.859. The number of rotatable bonds is 4. The van der Waals surface area contributed by atoms with Gasteiger partial charge in [-0.1, -0.05) is 13.0 Å². The third-order valence-electron chi connectivity index (χ3n) is 3.65. The highest BCUT2D eigenvalue weighted by atomic mass is 19.1. The third kappa shape index (κ3) is 4.17.